The van der Waals surface area contributed by atoms with Gasteiger partial charge in [-0.3, -0.25) is 9.59 Å². The number of methoxy groups -OCH3 is 2. The number of rotatable bonds is 15. The first kappa shape index (κ1) is 55.1. The maximum atomic E-state index is 14.8. The fraction of sp³-hybridized carbons (Fsp3) is 0.784. The Morgan fingerprint density at radius 2 is 1.55 bits per heavy atom. The summed E-state index contributed by atoms with van der Waals surface area (Å²) in [5.74, 6) is -4.04. The smallest absolute Gasteiger partial charge is 0.311 e. The molecule has 3 aliphatic heterocycles. The molecule has 380 valence electrons. The Kier molecular flexibility index (Phi) is 19.2. The molecule has 3 fully saturated rings. The summed E-state index contributed by atoms with van der Waals surface area (Å²) in [5.41, 5.74) is -2.17. The summed E-state index contributed by atoms with van der Waals surface area (Å²) in [5, 5.41) is 35.5. The molecule has 3 saturated heterocycles. The Bertz CT molecular complexity index is 1870. The van der Waals surface area contributed by atoms with Crippen molar-refractivity contribution in [1.82, 2.24) is 14.5 Å². The Morgan fingerprint density at radius 3 is 2.18 bits per heavy atom. The lowest BCUT2D eigenvalue weighted by Gasteiger charge is -2.50. The average Bonchev–Trinajstić information content (AvgIpc) is 3.78. The van der Waals surface area contributed by atoms with Crippen LogP contribution in [0.15, 0.2) is 42.9 Å². The molecule has 0 radical (unpaired) electrons. The quantitative estimate of drug-likeness (QED) is 0.143. The Hall–Kier alpha value is -2.87. The number of benzene rings is 1. The summed E-state index contributed by atoms with van der Waals surface area (Å²) >= 11 is 0. The van der Waals surface area contributed by atoms with E-state index in [1.54, 1.807) is 41.7 Å². The lowest BCUT2D eigenvalue weighted by atomic mass is 9.73. The van der Waals surface area contributed by atoms with Gasteiger partial charge in [0.25, 0.3) is 0 Å². The molecule has 0 aliphatic carbocycles. The van der Waals surface area contributed by atoms with Gasteiger partial charge >= 0.3 is 5.97 Å². The average molecular weight is 946 g/mol. The maximum absolute atomic E-state index is 14.8. The second kappa shape index (κ2) is 23.4. The number of Topliss-reactive ketones (excluding diaryl/α,β-unsaturated/α-hetero) is 1. The number of esters is 1. The molecule has 1 unspecified atom stereocenters. The number of nitrogens with zero attached hydrogens (tertiary/aromatic N) is 3. The van der Waals surface area contributed by atoms with Crippen LogP contribution >= 0.6 is 0 Å². The first-order valence-corrected chi connectivity index (χ1v) is 24.4. The van der Waals surface area contributed by atoms with Crippen LogP contribution in [-0.4, -0.2) is 161 Å². The number of unbranched alkanes of at least 4 members (excludes halogenated alkanes) is 1. The zero-order valence-electron chi connectivity index (χ0n) is 42.6. The highest BCUT2D eigenvalue weighted by atomic mass is 16.7. The van der Waals surface area contributed by atoms with Crippen LogP contribution in [0.5, 0.6) is 0 Å². The van der Waals surface area contributed by atoms with Crippen molar-refractivity contribution in [2.24, 2.45) is 23.7 Å². The van der Waals surface area contributed by atoms with Crippen LogP contribution < -0.4 is 0 Å². The molecule has 4 heterocycles. The van der Waals surface area contributed by atoms with Crippen LogP contribution in [-0.2, 0) is 54.0 Å². The fourth-order valence-electron chi connectivity index (χ4n) is 10.7. The number of ether oxygens (including phenoxy) is 8. The van der Waals surface area contributed by atoms with Crippen LogP contribution in [0.4, 0.5) is 0 Å². The van der Waals surface area contributed by atoms with Crippen LogP contribution in [0.25, 0.3) is 11.3 Å². The molecular formula is C51H83N3O13. The van der Waals surface area contributed by atoms with E-state index in [1.807, 2.05) is 101 Å². The highest BCUT2D eigenvalue weighted by molar-refractivity contribution is 5.83. The molecule has 16 heteroatoms. The molecular weight excluding hydrogens is 863 g/mol. The van der Waals surface area contributed by atoms with Crippen molar-refractivity contribution in [3.05, 3.63) is 42.9 Å². The number of ketones is 1. The third-order valence-corrected chi connectivity index (χ3v) is 15.0. The van der Waals surface area contributed by atoms with Gasteiger partial charge in [0.15, 0.2) is 12.6 Å². The van der Waals surface area contributed by atoms with E-state index in [9.17, 15) is 24.9 Å². The van der Waals surface area contributed by atoms with Crippen LogP contribution in [0.3, 0.4) is 0 Å². The summed E-state index contributed by atoms with van der Waals surface area (Å²) in [7, 11) is 6.87. The minimum atomic E-state index is -1.80. The third kappa shape index (κ3) is 12.7. The molecule has 3 N–H and O–H groups in total. The van der Waals surface area contributed by atoms with E-state index in [-0.39, 0.29) is 43.8 Å². The summed E-state index contributed by atoms with van der Waals surface area (Å²) in [6.45, 7) is 18.8. The van der Waals surface area contributed by atoms with E-state index in [0.717, 1.165) is 17.7 Å². The number of likely N-dealkylation sites (N-methyl/N-ethyl adjacent to an activating group) is 1. The van der Waals surface area contributed by atoms with Gasteiger partial charge in [0.2, 0.25) is 0 Å². The van der Waals surface area contributed by atoms with E-state index in [0.29, 0.717) is 19.4 Å². The lowest BCUT2D eigenvalue weighted by Crippen LogP contribution is -2.61. The molecule has 1 aromatic heterocycles. The zero-order chi connectivity index (χ0) is 49.6. The van der Waals surface area contributed by atoms with Crippen molar-refractivity contribution >= 4 is 11.8 Å². The Labute approximate surface area is 399 Å². The van der Waals surface area contributed by atoms with Crippen molar-refractivity contribution in [2.75, 3.05) is 34.9 Å². The number of aromatic nitrogens is 2. The van der Waals surface area contributed by atoms with Crippen LogP contribution in [0.1, 0.15) is 108 Å². The molecule has 0 amide bonds. The number of cyclic esters (lactones) is 1. The summed E-state index contributed by atoms with van der Waals surface area (Å²) in [6, 6.07) is 9.69. The SMILES string of the molecule is CC[C@@H]1OC(=O)[C@H](C)[C@@H](O[C@H]2C[C@@](C)(OC)[C@@H](O)[C@H](C)O2)[C@H](C)[C@@H](OC2O[C@H](C)C[C@H](N(C)C)[C@H]2O)[C@@](C)(OC)C[C@@H](C)C(=O)[C@@H](C)[C@@H](OCCCCn2cnc(-c3ccccc3)c2)[C@]1(C)O. The monoisotopic (exact) mass is 946 g/mol. The standard InChI is InChI=1S/C51H83N3O13/c1-15-39-51(10,59)46(62-24-20-19-23-54-28-37(52-29-54)36-21-17-16-18-22-36)32(4)41(55)30(2)26-50(9,61-14)45(67-48-42(56)38(53(11)12)25-31(3)63-48)33(5)43(34(6)47(58)65-39)66-40-27-49(8,60-13)44(57)35(7)64-40/h16-18,21-22,28-35,38-40,42-46,48,56-57,59H,15,19-20,23-27H2,1-14H3/t30-,31-,32-,33+,34-,35+,38+,39+,40+,42-,43+,44+,45-,46-,48?,49-,50+,51-/m1/s1. The second-order valence-electron chi connectivity index (χ2n) is 20.5. The molecule has 5 rings (SSSR count). The summed E-state index contributed by atoms with van der Waals surface area (Å²) in [4.78, 5) is 36.1. The highest BCUT2D eigenvalue weighted by Gasteiger charge is 2.54. The second-order valence-corrected chi connectivity index (χ2v) is 20.5. The number of carbonyl (C=O) groups excluding carboxylic acids is 2. The summed E-state index contributed by atoms with van der Waals surface area (Å²) < 4.78 is 53.6. The van der Waals surface area contributed by atoms with Crippen molar-refractivity contribution in [3.8, 4) is 11.3 Å². The van der Waals surface area contributed by atoms with Gasteiger partial charge in [-0.2, -0.15) is 0 Å². The normalized spacial score (nSPS) is 40.7. The molecule has 0 spiro atoms. The molecule has 16 nitrogen and oxygen atoms in total. The van der Waals surface area contributed by atoms with E-state index in [1.165, 1.54) is 7.11 Å². The van der Waals surface area contributed by atoms with Gasteiger partial charge in [-0.1, -0.05) is 58.0 Å². The summed E-state index contributed by atoms with van der Waals surface area (Å²) in [6.07, 6.45) is -2.89. The highest BCUT2D eigenvalue weighted by Crippen LogP contribution is 2.42. The van der Waals surface area contributed by atoms with Crippen molar-refractivity contribution in [1.29, 1.82) is 0 Å². The topological polar surface area (TPSA) is 190 Å². The molecule has 0 saturated carbocycles. The lowest BCUT2D eigenvalue weighted by molar-refractivity contribution is -0.319. The van der Waals surface area contributed by atoms with E-state index in [4.69, 9.17) is 37.9 Å². The van der Waals surface area contributed by atoms with Crippen molar-refractivity contribution in [3.63, 3.8) is 0 Å². The van der Waals surface area contributed by atoms with Crippen LogP contribution in [0, 0.1) is 23.7 Å². The molecule has 3 aliphatic rings. The van der Waals surface area contributed by atoms with Crippen LogP contribution in [0.2, 0.25) is 0 Å². The van der Waals surface area contributed by atoms with Crippen molar-refractivity contribution in [2.45, 2.75) is 199 Å². The van der Waals surface area contributed by atoms with Gasteiger partial charge in [-0.25, -0.2) is 4.98 Å². The van der Waals surface area contributed by atoms with Crippen molar-refractivity contribution < 1.29 is 62.8 Å². The predicted molar refractivity (Wildman–Crippen MR) is 252 cm³/mol. The minimum Gasteiger partial charge on any atom is -0.459 e. The fourth-order valence-corrected chi connectivity index (χ4v) is 10.7. The van der Waals surface area contributed by atoms with Gasteiger partial charge in [-0.15, -0.1) is 0 Å². The van der Waals surface area contributed by atoms with E-state index >= 15 is 0 Å². The van der Waals surface area contributed by atoms with Gasteiger partial charge in [0.1, 0.15) is 29.7 Å². The number of aryl methyl sites for hydroxylation is 1. The first-order chi connectivity index (χ1) is 31.5. The number of aliphatic hydroxyl groups excluding tert-OH is 2. The molecule has 18 atom stereocenters. The Morgan fingerprint density at radius 1 is 0.881 bits per heavy atom. The number of hydrogen-bond acceptors (Lipinski definition) is 15. The predicted octanol–water partition coefficient (Wildman–Crippen LogP) is 5.81. The largest absolute Gasteiger partial charge is 0.459 e. The zero-order valence-corrected chi connectivity index (χ0v) is 42.6. The van der Waals surface area contributed by atoms with Gasteiger partial charge < -0.3 is 62.7 Å². The van der Waals surface area contributed by atoms with E-state index in [2.05, 4.69) is 4.98 Å². The minimum absolute atomic E-state index is 0.130. The number of carbonyl (C=O) groups is 2. The van der Waals surface area contributed by atoms with Gasteiger partial charge in [0.05, 0.1) is 59.7 Å². The number of imidazole rings is 1. The molecule has 2 aromatic rings. The Balaban J connectivity index is 1.50. The van der Waals surface area contributed by atoms with Gasteiger partial charge in [-0.05, 0) is 87.7 Å². The molecule has 0 bridgehead atoms. The number of hydrogen-bond donors (Lipinski definition) is 3. The molecule has 1 aromatic carbocycles. The molecule has 67 heavy (non-hydrogen) atoms. The van der Waals surface area contributed by atoms with E-state index < -0.39 is 102 Å². The third-order valence-electron chi connectivity index (χ3n) is 15.0. The van der Waals surface area contributed by atoms with Gasteiger partial charge in [0, 0.05) is 69.3 Å². The first-order valence-electron chi connectivity index (χ1n) is 24.4. The number of aliphatic hydroxyl groups is 3. The maximum Gasteiger partial charge on any atom is 0.311 e.